The Balaban J connectivity index is 2.55. The molecule has 0 bridgehead atoms. The minimum atomic E-state index is -1.45. The largest absolute Gasteiger partial charge is 0.465 e. The Morgan fingerprint density at radius 1 is 1.07 bits per heavy atom. The molecule has 0 fully saturated rings. The molecule has 0 saturated heterocycles. The van der Waals surface area contributed by atoms with Crippen LogP contribution in [0.1, 0.15) is 5.56 Å². The Kier molecular flexibility index (Phi) is 3.68. The SMILES string of the molecule is O=C(O)N(CCc1ccccc1)C(=O)O. The van der Waals surface area contributed by atoms with Crippen molar-refractivity contribution in [3.63, 3.8) is 0 Å². The Labute approximate surface area is 86.6 Å². The fraction of sp³-hybridized carbons (Fsp3) is 0.200. The monoisotopic (exact) mass is 209 g/mol. The lowest BCUT2D eigenvalue weighted by Crippen LogP contribution is -2.36. The highest BCUT2D eigenvalue weighted by Gasteiger charge is 2.18. The lowest BCUT2D eigenvalue weighted by molar-refractivity contribution is 0.123. The molecular weight excluding hydrogens is 198 g/mol. The maximum absolute atomic E-state index is 10.5. The maximum Gasteiger partial charge on any atom is 0.416 e. The van der Waals surface area contributed by atoms with E-state index in [0.717, 1.165) is 5.56 Å². The zero-order valence-corrected chi connectivity index (χ0v) is 7.96. The van der Waals surface area contributed by atoms with Crippen LogP contribution in [-0.4, -0.2) is 33.8 Å². The molecule has 1 rings (SSSR count). The average molecular weight is 209 g/mol. The molecule has 0 radical (unpaired) electrons. The molecule has 5 nitrogen and oxygen atoms in total. The van der Waals surface area contributed by atoms with Crippen LogP contribution < -0.4 is 0 Å². The lowest BCUT2D eigenvalue weighted by Gasteiger charge is -2.12. The van der Waals surface area contributed by atoms with Crippen LogP contribution in [0.5, 0.6) is 0 Å². The number of imide groups is 1. The zero-order valence-electron chi connectivity index (χ0n) is 7.96. The molecule has 5 heteroatoms. The Hall–Kier alpha value is -2.04. The number of amides is 2. The zero-order chi connectivity index (χ0) is 11.3. The Morgan fingerprint density at radius 3 is 2.07 bits per heavy atom. The smallest absolute Gasteiger partial charge is 0.416 e. The van der Waals surface area contributed by atoms with Gasteiger partial charge < -0.3 is 10.2 Å². The van der Waals surface area contributed by atoms with Gasteiger partial charge in [-0.15, -0.1) is 0 Å². The van der Waals surface area contributed by atoms with Crippen molar-refractivity contribution in [3.05, 3.63) is 35.9 Å². The van der Waals surface area contributed by atoms with Crippen LogP contribution in [0.15, 0.2) is 30.3 Å². The quantitative estimate of drug-likeness (QED) is 0.796. The molecular formula is C10H11NO4. The first-order valence-electron chi connectivity index (χ1n) is 4.38. The first-order chi connectivity index (χ1) is 7.11. The van der Waals surface area contributed by atoms with Crippen LogP contribution in [0.3, 0.4) is 0 Å². The molecule has 0 spiro atoms. The summed E-state index contributed by atoms with van der Waals surface area (Å²) in [4.78, 5) is 21.4. The molecule has 0 saturated carbocycles. The van der Waals surface area contributed by atoms with E-state index in [1.54, 1.807) is 0 Å². The second-order valence-corrected chi connectivity index (χ2v) is 2.95. The van der Waals surface area contributed by atoms with Crippen molar-refractivity contribution in [2.45, 2.75) is 6.42 Å². The minimum Gasteiger partial charge on any atom is -0.465 e. The normalized spacial score (nSPS) is 9.60. The number of hydrogen-bond donors (Lipinski definition) is 2. The van der Waals surface area contributed by atoms with E-state index in [-0.39, 0.29) is 6.54 Å². The third-order valence-corrected chi connectivity index (χ3v) is 1.93. The summed E-state index contributed by atoms with van der Waals surface area (Å²) < 4.78 is 0. The van der Waals surface area contributed by atoms with E-state index in [0.29, 0.717) is 11.3 Å². The predicted octanol–water partition coefficient (Wildman–Crippen LogP) is 1.89. The highest BCUT2D eigenvalue weighted by Crippen LogP contribution is 2.02. The van der Waals surface area contributed by atoms with Gasteiger partial charge in [0.1, 0.15) is 0 Å². The molecule has 15 heavy (non-hydrogen) atoms. The van der Waals surface area contributed by atoms with Crippen molar-refractivity contribution in [1.82, 2.24) is 4.90 Å². The van der Waals surface area contributed by atoms with Crippen LogP contribution >= 0.6 is 0 Å². The lowest BCUT2D eigenvalue weighted by atomic mass is 10.1. The van der Waals surface area contributed by atoms with Crippen molar-refractivity contribution in [2.24, 2.45) is 0 Å². The van der Waals surface area contributed by atoms with Gasteiger partial charge in [-0.3, -0.25) is 0 Å². The fourth-order valence-electron chi connectivity index (χ4n) is 1.16. The molecule has 0 aliphatic carbocycles. The van der Waals surface area contributed by atoms with Crippen LogP contribution in [0.2, 0.25) is 0 Å². The highest BCUT2D eigenvalue weighted by molar-refractivity contribution is 5.85. The second kappa shape index (κ2) is 4.99. The molecule has 80 valence electrons. The average Bonchev–Trinajstić information content (AvgIpc) is 2.18. The maximum atomic E-state index is 10.5. The van der Waals surface area contributed by atoms with Crippen LogP contribution in [-0.2, 0) is 6.42 Å². The van der Waals surface area contributed by atoms with Gasteiger partial charge in [0.2, 0.25) is 0 Å². The summed E-state index contributed by atoms with van der Waals surface area (Å²) in [6.07, 6.45) is -2.50. The van der Waals surface area contributed by atoms with Crippen molar-refractivity contribution in [3.8, 4) is 0 Å². The molecule has 2 amide bonds. The summed E-state index contributed by atoms with van der Waals surface area (Å²) in [5.41, 5.74) is 0.907. The third-order valence-electron chi connectivity index (χ3n) is 1.93. The minimum absolute atomic E-state index is 0.0469. The van der Waals surface area contributed by atoms with Crippen LogP contribution in [0.4, 0.5) is 9.59 Å². The second-order valence-electron chi connectivity index (χ2n) is 2.95. The highest BCUT2D eigenvalue weighted by atomic mass is 16.4. The van der Waals surface area contributed by atoms with Gasteiger partial charge in [-0.25, -0.2) is 14.5 Å². The Bertz CT molecular complexity index is 336. The number of nitrogens with zero attached hydrogens (tertiary/aromatic N) is 1. The van der Waals surface area contributed by atoms with E-state index in [1.807, 2.05) is 30.3 Å². The van der Waals surface area contributed by atoms with Gasteiger partial charge in [0.25, 0.3) is 0 Å². The molecule has 0 heterocycles. The van der Waals surface area contributed by atoms with Gasteiger partial charge in [-0.1, -0.05) is 30.3 Å². The summed E-state index contributed by atoms with van der Waals surface area (Å²) in [5.74, 6) is 0. The standard InChI is InChI=1S/C10H11NO4/c12-9(13)11(10(14)15)7-6-8-4-2-1-3-5-8/h1-5H,6-7H2,(H,12,13)(H,14,15). The molecule has 2 N–H and O–H groups in total. The van der Waals surface area contributed by atoms with Crippen molar-refractivity contribution in [2.75, 3.05) is 6.54 Å². The molecule has 0 aliphatic heterocycles. The summed E-state index contributed by atoms with van der Waals surface area (Å²) in [6, 6.07) is 9.13. The van der Waals surface area contributed by atoms with Gasteiger partial charge in [-0.05, 0) is 12.0 Å². The van der Waals surface area contributed by atoms with Crippen molar-refractivity contribution < 1.29 is 19.8 Å². The summed E-state index contributed by atoms with van der Waals surface area (Å²) >= 11 is 0. The van der Waals surface area contributed by atoms with Gasteiger partial charge in [0.15, 0.2) is 0 Å². The Morgan fingerprint density at radius 2 is 1.60 bits per heavy atom. The molecule has 0 atom stereocenters. The van der Waals surface area contributed by atoms with E-state index in [9.17, 15) is 9.59 Å². The molecule has 0 unspecified atom stereocenters. The van der Waals surface area contributed by atoms with Crippen molar-refractivity contribution in [1.29, 1.82) is 0 Å². The molecule has 0 aliphatic rings. The van der Waals surface area contributed by atoms with Gasteiger partial charge in [0, 0.05) is 6.54 Å². The summed E-state index contributed by atoms with van der Waals surface area (Å²) in [6.45, 7) is -0.0469. The van der Waals surface area contributed by atoms with Gasteiger partial charge in [-0.2, -0.15) is 0 Å². The van der Waals surface area contributed by atoms with E-state index < -0.39 is 12.2 Å². The predicted molar refractivity (Wildman–Crippen MR) is 52.9 cm³/mol. The summed E-state index contributed by atoms with van der Waals surface area (Å²) in [5, 5.41) is 17.1. The van der Waals surface area contributed by atoms with Crippen LogP contribution in [0, 0.1) is 0 Å². The fourth-order valence-corrected chi connectivity index (χ4v) is 1.16. The topological polar surface area (TPSA) is 77.8 Å². The first kappa shape index (κ1) is 11.0. The van der Waals surface area contributed by atoms with E-state index in [1.165, 1.54) is 0 Å². The number of carbonyl (C=O) groups is 2. The number of carboxylic acid groups (broad SMARTS) is 2. The van der Waals surface area contributed by atoms with Crippen molar-refractivity contribution >= 4 is 12.2 Å². The third kappa shape index (κ3) is 3.30. The van der Waals surface area contributed by atoms with Gasteiger partial charge in [0.05, 0.1) is 0 Å². The molecule has 1 aromatic rings. The number of rotatable bonds is 3. The van der Waals surface area contributed by atoms with E-state index in [4.69, 9.17) is 10.2 Å². The molecule has 1 aromatic carbocycles. The first-order valence-corrected chi connectivity index (χ1v) is 4.38. The van der Waals surface area contributed by atoms with Crippen LogP contribution in [0.25, 0.3) is 0 Å². The van der Waals surface area contributed by atoms with E-state index >= 15 is 0 Å². The van der Waals surface area contributed by atoms with E-state index in [2.05, 4.69) is 0 Å². The molecule has 0 aromatic heterocycles. The number of hydrogen-bond acceptors (Lipinski definition) is 2. The van der Waals surface area contributed by atoms with Gasteiger partial charge >= 0.3 is 12.2 Å². The summed E-state index contributed by atoms with van der Waals surface area (Å²) in [7, 11) is 0. The number of benzene rings is 1.